The van der Waals surface area contributed by atoms with Gasteiger partial charge >= 0.3 is 0 Å². The first-order chi connectivity index (χ1) is 7.77. The molecule has 1 heterocycles. The molecular weight excluding hydrogens is 200 g/mol. The number of carbonyl (C=O) groups is 1. The molecule has 0 N–H and O–H groups in total. The lowest BCUT2D eigenvalue weighted by Crippen LogP contribution is -2.48. The summed E-state index contributed by atoms with van der Waals surface area (Å²) in [6.07, 6.45) is 2.89. The fraction of sp³-hybridized carbons (Fsp3) is 0.923. The zero-order valence-corrected chi connectivity index (χ0v) is 11.5. The van der Waals surface area contributed by atoms with Crippen molar-refractivity contribution >= 4 is 5.91 Å². The Kier molecular flexibility index (Phi) is 9.30. The summed E-state index contributed by atoms with van der Waals surface area (Å²) in [5, 5.41) is 0. The third kappa shape index (κ3) is 5.50. The first kappa shape index (κ1) is 15.4. The Hall–Kier alpha value is -0.570. The van der Waals surface area contributed by atoms with Crippen molar-refractivity contribution in [2.24, 2.45) is 0 Å². The first-order valence-corrected chi connectivity index (χ1v) is 6.78. The van der Waals surface area contributed by atoms with Crippen LogP contribution in [0.1, 0.15) is 47.0 Å². The molecule has 0 aromatic carbocycles. The Labute approximate surface area is 101 Å². The molecule has 0 aromatic heterocycles. The van der Waals surface area contributed by atoms with E-state index in [9.17, 15) is 4.79 Å². The quantitative estimate of drug-likeness (QED) is 0.737. The van der Waals surface area contributed by atoms with E-state index in [1.165, 1.54) is 0 Å². The van der Waals surface area contributed by atoms with E-state index in [4.69, 9.17) is 0 Å². The fourth-order valence-electron chi connectivity index (χ4n) is 1.80. The highest BCUT2D eigenvalue weighted by molar-refractivity contribution is 5.76. The van der Waals surface area contributed by atoms with Gasteiger partial charge in [0.05, 0.1) is 0 Å². The molecule has 0 aromatic rings. The highest BCUT2D eigenvalue weighted by Gasteiger charge is 2.18. The van der Waals surface area contributed by atoms with Gasteiger partial charge in [-0.15, -0.1) is 0 Å². The number of rotatable bonds is 4. The lowest BCUT2D eigenvalue weighted by atomic mass is 10.2. The lowest BCUT2D eigenvalue weighted by molar-refractivity contribution is -0.133. The molecule has 0 aliphatic carbocycles. The number of nitrogens with zero attached hydrogens (tertiary/aromatic N) is 2. The van der Waals surface area contributed by atoms with Gasteiger partial charge in [0.15, 0.2) is 0 Å². The number of unbranched alkanes of at least 4 members (excludes halogenated alkanes) is 1. The van der Waals surface area contributed by atoms with Crippen LogP contribution in [0.5, 0.6) is 0 Å². The molecule has 1 aliphatic rings. The normalized spacial score (nSPS) is 16.6. The van der Waals surface area contributed by atoms with Gasteiger partial charge in [0, 0.05) is 32.6 Å². The highest BCUT2D eigenvalue weighted by atomic mass is 16.2. The summed E-state index contributed by atoms with van der Waals surface area (Å²) < 4.78 is 0. The van der Waals surface area contributed by atoms with Crippen molar-refractivity contribution in [3.05, 3.63) is 0 Å². The molecule has 1 saturated heterocycles. The van der Waals surface area contributed by atoms with Crippen LogP contribution >= 0.6 is 0 Å². The van der Waals surface area contributed by atoms with Crippen molar-refractivity contribution in [2.45, 2.75) is 47.0 Å². The molecule has 1 aliphatic heterocycles. The SMILES string of the molecule is CC.CCCCC(=O)N1CCN(CC)CC1. The molecule has 3 nitrogen and oxygen atoms in total. The Morgan fingerprint density at radius 3 is 2.06 bits per heavy atom. The van der Waals surface area contributed by atoms with E-state index in [0.717, 1.165) is 52.0 Å². The first-order valence-electron chi connectivity index (χ1n) is 6.78. The number of carbonyl (C=O) groups excluding carboxylic acids is 1. The van der Waals surface area contributed by atoms with E-state index >= 15 is 0 Å². The third-order valence-electron chi connectivity index (χ3n) is 2.92. The van der Waals surface area contributed by atoms with Crippen molar-refractivity contribution in [3.63, 3.8) is 0 Å². The molecule has 1 amide bonds. The lowest BCUT2D eigenvalue weighted by Gasteiger charge is -2.34. The predicted octanol–water partition coefficient (Wildman–Crippen LogP) is 2.37. The van der Waals surface area contributed by atoms with Gasteiger partial charge in [0.25, 0.3) is 0 Å². The van der Waals surface area contributed by atoms with Crippen molar-refractivity contribution in [3.8, 4) is 0 Å². The molecule has 0 radical (unpaired) electrons. The molecule has 96 valence electrons. The Bertz CT molecular complexity index is 175. The van der Waals surface area contributed by atoms with Crippen LogP contribution in [0.3, 0.4) is 0 Å². The van der Waals surface area contributed by atoms with Crippen LogP contribution < -0.4 is 0 Å². The van der Waals surface area contributed by atoms with Gasteiger partial charge in [-0.25, -0.2) is 0 Å². The minimum absolute atomic E-state index is 0.350. The number of hydrogen-bond acceptors (Lipinski definition) is 2. The van der Waals surface area contributed by atoms with Crippen molar-refractivity contribution in [2.75, 3.05) is 32.7 Å². The minimum Gasteiger partial charge on any atom is -0.340 e. The van der Waals surface area contributed by atoms with Crippen LogP contribution in [-0.2, 0) is 4.79 Å². The maximum atomic E-state index is 11.7. The van der Waals surface area contributed by atoms with Crippen LogP contribution in [-0.4, -0.2) is 48.4 Å². The van der Waals surface area contributed by atoms with Crippen molar-refractivity contribution < 1.29 is 4.79 Å². The maximum absolute atomic E-state index is 11.7. The predicted molar refractivity (Wildman–Crippen MR) is 69.6 cm³/mol. The standard InChI is InChI=1S/C11H22N2O.C2H6/c1-3-5-6-11(14)13-9-7-12(4-2)8-10-13;1-2/h3-10H2,1-2H3;1-2H3. The second-order valence-electron chi connectivity index (χ2n) is 3.92. The molecule has 1 fully saturated rings. The average molecular weight is 228 g/mol. The molecule has 16 heavy (non-hydrogen) atoms. The summed E-state index contributed by atoms with van der Waals surface area (Å²) in [5.74, 6) is 0.350. The highest BCUT2D eigenvalue weighted by Crippen LogP contribution is 2.05. The smallest absolute Gasteiger partial charge is 0.222 e. The number of piperazine rings is 1. The summed E-state index contributed by atoms with van der Waals surface area (Å²) in [7, 11) is 0. The molecule has 0 bridgehead atoms. The summed E-state index contributed by atoms with van der Waals surface area (Å²) in [6, 6.07) is 0. The van der Waals surface area contributed by atoms with Crippen LogP contribution in [0.15, 0.2) is 0 Å². The fourth-order valence-corrected chi connectivity index (χ4v) is 1.80. The van der Waals surface area contributed by atoms with Gasteiger partial charge in [-0.05, 0) is 13.0 Å². The molecular formula is C13H28N2O. The van der Waals surface area contributed by atoms with Gasteiger partial charge in [-0.1, -0.05) is 34.1 Å². The van der Waals surface area contributed by atoms with Gasteiger partial charge in [-0.3, -0.25) is 4.79 Å². The Morgan fingerprint density at radius 2 is 1.62 bits per heavy atom. The molecule has 0 spiro atoms. The van der Waals surface area contributed by atoms with Crippen molar-refractivity contribution in [1.29, 1.82) is 0 Å². The Morgan fingerprint density at radius 1 is 1.06 bits per heavy atom. The van der Waals surface area contributed by atoms with E-state index in [1.54, 1.807) is 0 Å². The third-order valence-corrected chi connectivity index (χ3v) is 2.92. The van der Waals surface area contributed by atoms with Crippen LogP contribution in [0.4, 0.5) is 0 Å². The van der Waals surface area contributed by atoms with E-state index in [2.05, 4.69) is 18.7 Å². The van der Waals surface area contributed by atoms with Crippen LogP contribution in [0.25, 0.3) is 0 Å². The number of amides is 1. The van der Waals surface area contributed by atoms with E-state index in [0.29, 0.717) is 5.91 Å². The molecule has 1 rings (SSSR count). The van der Waals surface area contributed by atoms with Crippen LogP contribution in [0, 0.1) is 0 Å². The largest absolute Gasteiger partial charge is 0.340 e. The summed E-state index contributed by atoms with van der Waals surface area (Å²) >= 11 is 0. The second kappa shape index (κ2) is 9.64. The summed E-state index contributed by atoms with van der Waals surface area (Å²) in [5.41, 5.74) is 0. The summed E-state index contributed by atoms with van der Waals surface area (Å²) in [4.78, 5) is 16.1. The zero-order valence-electron chi connectivity index (χ0n) is 11.5. The van der Waals surface area contributed by atoms with Gasteiger partial charge in [0.1, 0.15) is 0 Å². The number of likely N-dealkylation sites (N-methyl/N-ethyl adjacent to an activating group) is 1. The molecule has 0 saturated carbocycles. The molecule has 0 unspecified atom stereocenters. The van der Waals surface area contributed by atoms with E-state index in [-0.39, 0.29) is 0 Å². The average Bonchev–Trinajstić information content (AvgIpc) is 2.38. The number of hydrogen-bond donors (Lipinski definition) is 0. The van der Waals surface area contributed by atoms with Gasteiger partial charge < -0.3 is 9.80 Å². The van der Waals surface area contributed by atoms with Crippen molar-refractivity contribution in [1.82, 2.24) is 9.80 Å². The zero-order chi connectivity index (χ0) is 12.4. The second-order valence-corrected chi connectivity index (χ2v) is 3.92. The van der Waals surface area contributed by atoms with E-state index in [1.807, 2.05) is 18.7 Å². The van der Waals surface area contributed by atoms with Crippen LogP contribution in [0.2, 0.25) is 0 Å². The topological polar surface area (TPSA) is 23.6 Å². The van der Waals surface area contributed by atoms with Gasteiger partial charge in [0.2, 0.25) is 5.91 Å². The van der Waals surface area contributed by atoms with E-state index < -0.39 is 0 Å². The Balaban J connectivity index is 0.00000106. The minimum atomic E-state index is 0.350. The molecule has 0 atom stereocenters. The van der Waals surface area contributed by atoms with Gasteiger partial charge in [-0.2, -0.15) is 0 Å². The molecule has 3 heteroatoms. The monoisotopic (exact) mass is 228 g/mol. The maximum Gasteiger partial charge on any atom is 0.222 e. The summed E-state index contributed by atoms with van der Waals surface area (Å²) in [6.45, 7) is 13.4.